The summed E-state index contributed by atoms with van der Waals surface area (Å²) < 4.78 is 22.0. The fourth-order valence-corrected chi connectivity index (χ4v) is 4.36. The minimum atomic E-state index is -0.744. The van der Waals surface area contributed by atoms with Crippen LogP contribution in [0.25, 0.3) is 10.2 Å². The number of carbonyl (C=O) groups excluding carboxylic acids is 2. The predicted molar refractivity (Wildman–Crippen MR) is 118 cm³/mol. The molecular formula is C20H17FIN3O3S. The first-order chi connectivity index (χ1) is 13.8. The Balaban J connectivity index is 1.81. The molecular weight excluding hydrogens is 508 g/mol. The lowest BCUT2D eigenvalue weighted by Crippen LogP contribution is -2.12. The van der Waals surface area contributed by atoms with Gasteiger partial charge in [0.25, 0.3) is 5.91 Å². The van der Waals surface area contributed by atoms with E-state index in [0.29, 0.717) is 18.2 Å². The van der Waals surface area contributed by atoms with Crippen molar-refractivity contribution in [2.24, 2.45) is 11.7 Å². The summed E-state index contributed by atoms with van der Waals surface area (Å²) in [6.07, 6.45) is 2.06. The van der Waals surface area contributed by atoms with Gasteiger partial charge in [0.1, 0.15) is 0 Å². The molecule has 4 rings (SSSR count). The standard InChI is InChI=1S/C20H17FIN3O3S/c1-9-6-11(22)4-5-13(9)24-16-12(20(27)28-8-10-2-3-10)7-14-17(15(16)21)29-19(25-14)18(23)26/h4-7,10,24H,2-3,8H2,1H3,(H2,23,26). The van der Waals surface area contributed by atoms with Crippen molar-refractivity contribution in [3.05, 3.63) is 49.8 Å². The van der Waals surface area contributed by atoms with Crippen LogP contribution in [0.2, 0.25) is 0 Å². The smallest absolute Gasteiger partial charge is 0.340 e. The number of nitrogens with one attached hydrogen (secondary N) is 1. The molecule has 1 aliphatic rings. The summed E-state index contributed by atoms with van der Waals surface area (Å²) in [6, 6.07) is 7.10. The lowest BCUT2D eigenvalue weighted by atomic mass is 10.1. The van der Waals surface area contributed by atoms with Gasteiger partial charge >= 0.3 is 5.97 Å². The summed E-state index contributed by atoms with van der Waals surface area (Å²) in [5.74, 6) is -1.66. The molecule has 0 spiro atoms. The molecule has 1 amide bonds. The molecule has 1 aromatic heterocycles. The van der Waals surface area contributed by atoms with E-state index in [1.807, 2.05) is 25.1 Å². The lowest BCUT2D eigenvalue weighted by Gasteiger charge is -2.15. The topological polar surface area (TPSA) is 94.3 Å². The van der Waals surface area contributed by atoms with E-state index in [4.69, 9.17) is 10.5 Å². The number of benzene rings is 2. The van der Waals surface area contributed by atoms with Crippen molar-refractivity contribution in [1.82, 2.24) is 4.98 Å². The molecule has 0 bridgehead atoms. The Bertz CT molecular complexity index is 1140. The molecule has 1 heterocycles. The number of hydrogen-bond donors (Lipinski definition) is 2. The van der Waals surface area contributed by atoms with E-state index in [1.54, 1.807) is 0 Å². The molecule has 0 unspecified atom stereocenters. The van der Waals surface area contributed by atoms with Crippen LogP contribution in [-0.2, 0) is 4.74 Å². The summed E-state index contributed by atoms with van der Waals surface area (Å²) in [5, 5.41) is 3.02. The third-order valence-corrected chi connectivity index (χ3v) is 6.40. The molecule has 3 N–H and O–H groups in total. The van der Waals surface area contributed by atoms with Crippen LogP contribution < -0.4 is 11.1 Å². The van der Waals surface area contributed by atoms with Gasteiger partial charge in [-0.05, 0) is 78.1 Å². The zero-order valence-corrected chi connectivity index (χ0v) is 18.4. The zero-order chi connectivity index (χ0) is 20.7. The van der Waals surface area contributed by atoms with Crippen molar-refractivity contribution in [1.29, 1.82) is 0 Å². The number of rotatable bonds is 6. The Labute approximate surface area is 183 Å². The maximum atomic E-state index is 15.4. The number of anilines is 2. The van der Waals surface area contributed by atoms with Crippen LogP contribution in [0.3, 0.4) is 0 Å². The van der Waals surface area contributed by atoms with Gasteiger partial charge in [0.05, 0.1) is 28.1 Å². The van der Waals surface area contributed by atoms with Gasteiger partial charge in [-0.3, -0.25) is 4.79 Å². The van der Waals surface area contributed by atoms with Crippen LogP contribution >= 0.6 is 33.9 Å². The van der Waals surface area contributed by atoms with Crippen molar-refractivity contribution in [2.75, 3.05) is 11.9 Å². The molecule has 0 radical (unpaired) electrons. The second-order valence-corrected chi connectivity index (χ2v) is 9.22. The van der Waals surface area contributed by atoms with Gasteiger partial charge in [0.15, 0.2) is 10.8 Å². The molecule has 0 atom stereocenters. The molecule has 1 saturated carbocycles. The minimum absolute atomic E-state index is 0.00211. The number of fused-ring (bicyclic) bond motifs is 1. The fourth-order valence-electron chi connectivity index (χ4n) is 2.87. The molecule has 6 nitrogen and oxygen atoms in total. The Morgan fingerprint density at radius 2 is 2.14 bits per heavy atom. The molecule has 0 aliphatic heterocycles. The normalized spacial score (nSPS) is 13.5. The summed E-state index contributed by atoms with van der Waals surface area (Å²) in [6.45, 7) is 2.20. The highest BCUT2D eigenvalue weighted by atomic mass is 127. The van der Waals surface area contributed by atoms with Crippen molar-refractivity contribution >= 4 is 67.4 Å². The number of carbonyl (C=O) groups is 2. The summed E-state index contributed by atoms with van der Waals surface area (Å²) in [4.78, 5) is 28.3. The van der Waals surface area contributed by atoms with Crippen molar-refractivity contribution in [3.63, 3.8) is 0 Å². The van der Waals surface area contributed by atoms with Gasteiger partial charge in [-0.25, -0.2) is 14.2 Å². The van der Waals surface area contributed by atoms with E-state index in [1.165, 1.54) is 6.07 Å². The van der Waals surface area contributed by atoms with Gasteiger partial charge < -0.3 is 15.8 Å². The average molecular weight is 525 g/mol. The van der Waals surface area contributed by atoms with Crippen LogP contribution in [0.15, 0.2) is 24.3 Å². The maximum Gasteiger partial charge on any atom is 0.340 e. The second-order valence-electron chi connectivity index (χ2n) is 6.97. The number of amides is 1. The Hall–Kier alpha value is -2.27. The predicted octanol–water partition coefficient (Wildman–Crippen LogP) is 4.76. The third kappa shape index (κ3) is 4.20. The number of halogens is 2. The molecule has 3 aromatic rings. The Morgan fingerprint density at radius 1 is 1.38 bits per heavy atom. The molecule has 1 fully saturated rings. The summed E-state index contributed by atoms with van der Waals surface area (Å²) >= 11 is 3.05. The van der Waals surface area contributed by atoms with E-state index in [9.17, 15) is 9.59 Å². The number of nitrogens with zero attached hydrogens (tertiary/aromatic N) is 1. The highest BCUT2D eigenvalue weighted by Crippen LogP contribution is 2.36. The Kier molecular flexibility index (Phi) is 5.43. The Morgan fingerprint density at radius 3 is 2.79 bits per heavy atom. The van der Waals surface area contributed by atoms with E-state index in [0.717, 1.165) is 33.3 Å². The monoisotopic (exact) mass is 525 g/mol. The quantitative estimate of drug-likeness (QED) is 0.358. The SMILES string of the molecule is Cc1cc(I)ccc1Nc1c(C(=O)OCC2CC2)cc2nc(C(N)=O)sc2c1F. The minimum Gasteiger partial charge on any atom is -0.462 e. The van der Waals surface area contributed by atoms with E-state index >= 15 is 4.39 Å². The molecule has 29 heavy (non-hydrogen) atoms. The first-order valence-electron chi connectivity index (χ1n) is 8.96. The van der Waals surface area contributed by atoms with E-state index in [2.05, 4.69) is 32.9 Å². The van der Waals surface area contributed by atoms with Crippen LogP contribution in [0.4, 0.5) is 15.8 Å². The van der Waals surface area contributed by atoms with Gasteiger partial charge in [-0.15, -0.1) is 11.3 Å². The zero-order valence-electron chi connectivity index (χ0n) is 15.4. The largest absolute Gasteiger partial charge is 0.462 e. The van der Waals surface area contributed by atoms with Crippen LogP contribution in [0, 0.1) is 22.2 Å². The summed E-state index contributed by atoms with van der Waals surface area (Å²) in [7, 11) is 0. The lowest BCUT2D eigenvalue weighted by molar-refractivity contribution is 0.0487. The maximum absolute atomic E-state index is 15.4. The third-order valence-electron chi connectivity index (χ3n) is 4.65. The number of aromatic nitrogens is 1. The molecule has 1 aliphatic carbocycles. The number of thiazole rings is 1. The van der Waals surface area contributed by atoms with Crippen LogP contribution in [0.1, 0.15) is 38.6 Å². The van der Waals surface area contributed by atoms with Crippen LogP contribution in [0.5, 0.6) is 0 Å². The van der Waals surface area contributed by atoms with E-state index in [-0.39, 0.29) is 26.5 Å². The number of esters is 1. The van der Waals surface area contributed by atoms with Crippen molar-refractivity contribution in [2.45, 2.75) is 19.8 Å². The molecule has 150 valence electrons. The molecule has 2 aromatic carbocycles. The first-order valence-corrected chi connectivity index (χ1v) is 10.9. The van der Waals surface area contributed by atoms with Crippen molar-refractivity contribution < 1.29 is 18.7 Å². The van der Waals surface area contributed by atoms with Gasteiger partial charge in [-0.1, -0.05) is 0 Å². The highest BCUT2D eigenvalue weighted by molar-refractivity contribution is 14.1. The number of aryl methyl sites for hydroxylation is 1. The summed E-state index contributed by atoms with van der Waals surface area (Å²) in [5.41, 5.74) is 7.09. The van der Waals surface area contributed by atoms with Gasteiger partial charge in [-0.2, -0.15) is 0 Å². The number of ether oxygens (including phenoxy) is 1. The van der Waals surface area contributed by atoms with E-state index < -0.39 is 17.7 Å². The number of primary amides is 1. The molecule has 9 heteroatoms. The van der Waals surface area contributed by atoms with Gasteiger partial charge in [0, 0.05) is 9.26 Å². The van der Waals surface area contributed by atoms with Crippen molar-refractivity contribution in [3.8, 4) is 0 Å². The number of nitrogens with two attached hydrogens (primary N) is 1. The number of hydrogen-bond acceptors (Lipinski definition) is 6. The molecule has 0 saturated heterocycles. The van der Waals surface area contributed by atoms with Crippen LogP contribution in [-0.4, -0.2) is 23.5 Å². The second kappa shape index (κ2) is 7.86. The average Bonchev–Trinajstić information content (AvgIpc) is 3.40. The van der Waals surface area contributed by atoms with Gasteiger partial charge in [0.2, 0.25) is 0 Å². The fraction of sp³-hybridized carbons (Fsp3) is 0.250. The first kappa shape index (κ1) is 20.0. The highest BCUT2D eigenvalue weighted by Gasteiger charge is 2.27.